The van der Waals surface area contributed by atoms with E-state index in [9.17, 15) is 9.59 Å². The Labute approximate surface area is 146 Å². The smallest absolute Gasteiger partial charge is 0.246 e. The van der Waals surface area contributed by atoms with Crippen molar-refractivity contribution in [1.82, 2.24) is 14.7 Å². The van der Waals surface area contributed by atoms with Crippen LogP contribution in [0.1, 0.15) is 33.1 Å². The van der Waals surface area contributed by atoms with Crippen LogP contribution in [0.4, 0.5) is 0 Å². The number of hydrogen-bond donors (Lipinski definition) is 0. The molecular formula is C19H31N3O2. The fraction of sp³-hybridized carbons (Fsp3) is 0.684. The molecule has 0 spiro atoms. The van der Waals surface area contributed by atoms with Crippen molar-refractivity contribution in [2.75, 3.05) is 45.8 Å². The van der Waals surface area contributed by atoms with Crippen molar-refractivity contribution in [3.05, 3.63) is 24.3 Å². The Kier molecular flexibility index (Phi) is 7.50. The van der Waals surface area contributed by atoms with Crippen molar-refractivity contribution in [2.45, 2.75) is 33.1 Å². The Balaban J connectivity index is 1.71. The van der Waals surface area contributed by atoms with Gasteiger partial charge in [0, 0.05) is 51.8 Å². The largest absolute Gasteiger partial charge is 0.340 e. The second-order valence-electron chi connectivity index (χ2n) is 6.67. The van der Waals surface area contributed by atoms with Gasteiger partial charge < -0.3 is 14.7 Å². The first-order valence-electron chi connectivity index (χ1n) is 9.22. The Bertz CT molecular complexity index is 471. The van der Waals surface area contributed by atoms with E-state index in [-0.39, 0.29) is 5.91 Å². The SMILES string of the molecule is C/C=C/C=C/C(=O)N1CCC(CC(=O)N2CCN(CC)CC2)CC1. The van der Waals surface area contributed by atoms with Crippen molar-refractivity contribution in [1.29, 1.82) is 0 Å². The summed E-state index contributed by atoms with van der Waals surface area (Å²) in [5.74, 6) is 0.794. The highest BCUT2D eigenvalue weighted by molar-refractivity contribution is 5.88. The van der Waals surface area contributed by atoms with E-state index in [2.05, 4.69) is 11.8 Å². The minimum atomic E-state index is 0.0774. The van der Waals surface area contributed by atoms with Crippen LogP contribution in [0.2, 0.25) is 0 Å². The van der Waals surface area contributed by atoms with Gasteiger partial charge in [-0.3, -0.25) is 9.59 Å². The molecule has 0 saturated carbocycles. The first-order chi connectivity index (χ1) is 11.6. The maximum absolute atomic E-state index is 12.5. The molecule has 2 rings (SSSR count). The fourth-order valence-corrected chi connectivity index (χ4v) is 3.40. The third-order valence-electron chi connectivity index (χ3n) is 5.10. The van der Waals surface area contributed by atoms with Gasteiger partial charge in [0.1, 0.15) is 0 Å². The van der Waals surface area contributed by atoms with Crippen molar-refractivity contribution < 1.29 is 9.59 Å². The molecule has 2 heterocycles. The average Bonchev–Trinajstić information content (AvgIpc) is 2.62. The van der Waals surface area contributed by atoms with E-state index in [1.165, 1.54) is 0 Å². The second kappa shape index (κ2) is 9.62. The molecule has 0 N–H and O–H groups in total. The molecule has 0 atom stereocenters. The number of rotatable bonds is 5. The van der Waals surface area contributed by atoms with E-state index in [0.717, 1.165) is 58.7 Å². The van der Waals surface area contributed by atoms with E-state index in [1.807, 2.05) is 28.9 Å². The summed E-state index contributed by atoms with van der Waals surface area (Å²) < 4.78 is 0. The van der Waals surface area contributed by atoms with Crippen molar-refractivity contribution in [2.24, 2.45) is 5.92 Å². The van der Waals surface area contributed by atoms with Crippen LogP contribution in [0.3, 0.4) is 0 Å². The van der Waals surface area contributed by atoms with Crippen LogP contribution in [0, 0.1) is 5.92 Å². The monoisotopic (exact) mass is 333 g/mol. The molecule has 24 heavy (non-hydrogen) atoms. The number of carbonyl (C=O) groups excluding carboxylic acids is 2. The zero-order chi connectivity index (χ0) is 17.4. The number of carbonyl (C=O) groups is 2. The topological polar surface area (TPSA) is 43.9 Å². The Hall–Kier alpha value is -1.62. The maximum Gasteiger partial charge on any atom is 0.246 e. The van der Waals surface area contributed by atoms with Gasteiger partial charge in [-0.2, -0.15) is 0 Å². The number of hydrogen-bond acceptors (Lipinski definition) is 3. The predicted molar refractivity (Wildman–Crippen MR) is 96.6 cm³/mol. The number of allylic oxidation sites excluding steroid dienone is 3. The lowest BCUT2D eigenvalue weighted by molar-refractivity contribution is -0.134. The molecule has 0 unspecified atom stereocenters. The highest BCUT2D eigenvalue weighted by Gasteiger charge is 2.26. The van der Waals surface area contributed by atoms with Crippen LogP contribution in [-0.4, -0.2) is 72.3 Å². The van der Waals surface area contributed by atoms with Crippen molar-refractivity contribution in [3.63, 3.8) is 0 Å². The van der Waals surface area contributed by atoms with E-state index < -0.39 is 0 Å². The molecule has 0 bridgehead atoms. The number of piperazine rings is 1. The number of likely N-dealkylation sites (N-methyl/N-ethyl adjacent to an activating group) is 1. The zero-order valence-corrected chi connectivity index (χ0v) is 15.1. The average molecular weight is 333 g/mol. The lowest BCUT2D eigenvalue weighted by Gasteiger charge is -2.36. The quantitative estimate of drug-likeness (QED) is 0.570. The first kappa shape index (κ1) is 18.7. The van der Waals surface area contributed by atoms with Gasteiger partial charge in [0.25, 0.3) is 0 Å². The molecule has 0 aromatic rings. The van der Waals surface area contributed by atoms with Crippen LogP contribution in [0.25, 0.3) is 0 Å². The van der Waals surface area contributed by atoms with E-state index >= 15 is 0 Å². The molecule has 134 valence electrons. The summed E-state index contributed by atoms with van der Waals surface area (Å²) in [6.07, 6.45) is 9.69. The fourth-order valence-electron chi connectivity index (χ4n) is 3.40. The van der Waals surface area contributed by atoms with Crippen LogP contribution >= 0.6 is 0 Å². The van der Waals surface area contributed by atoms with Crippen LogP contribution < -0.4 is 0 Å². The molecule has 5 nitrogen and oxygen atoms in total. The molecule has 2 aliphatic heterocycles. The van der Waals surface area contributed by atoms with E-state index in [4.69, 9.17) is 0 Å². The molecule has 2 amide bonds. The molecule has 0 aromatic carbocycles. The summed E-state index contributed by atoms with van der Waals surface area (Å²) in [4.78, 5) is 30.8. The number of nitrogens with zero attached hydrogens (tertiary/aromatic N) is 3. The Morgan fingerprint density at radius 1 is 0.958 bits per heavy atom. The lowest BCUT2D eigenvalue weighted by atomic mass is 9.92. The zero-order valence-electron chi connectivity index (χ0n) is 15.1. The molecular weight excluding hydrogens is 302 g/mol. The normalized spacial score (nSPS) is 21.1. The molecule has 0 aromatic heterocycles. The summed E-state index contributed by atoms with van der Waals surface area (Å²) in [7, 11) is 0. The summed E-state index contributed by atoms with van der Waals surface area (Å²) in [5, 5.41) is 0. The van der Waals surface area contributed by atoms with E-state index in [0.29, 0.717) is 18.2 Å². The molecule has 2 fully saturated rings. The van der Waals surface area contributed by atoms with Gasteiger partial charge in [-0.15, -0.1) is 0 Å². The lowest BCUT2D eigenvalue weighted by Crippen LogP contribution is -2.49. The number of piperidine rings is 1. The van der Waals surface area contributed by atoms with Crippen molar-refractivity contribution in [3.8, 4) is 0 Å². The number of likely N-dealkylation sites (tertiary alicyclic amines) is 1. The Morgan fingerprint density at radius 3 is 2.21 bits per heavy atom. The summed E-state index contributed by atoms with van der Waals surface area (Å²) >= 11 is 0. The van der Waals surface area contributed by atoms with Crippen LogP contribution in [-0.2, 0) is 9.59 Å². The van der Waals surface area contributed by atoms with Crippen LogP contribution in [0.5, 0.6) is 0 Å². The summed E-state index contributed by atoms with van der Waals surface area (Å²) in [5.41, 5.74) is 0. The summed E-state index contributed by atoms with van der Waals surface area (Å²) in [6.45, 7) is 10.4. The maximum atomic E-state index is 12.5. The minimum absolute atomic E-state index is 0.0774. The molecule has 0 aliphatic carbocycles. The van der Waals surface area contributed by atoms with Gasteiger partial charge in [0.05, 0.1) is 0 Å². The Morgan fingerprint density at radius 2 is 1.62 bits per heavy atom. The predicted octanol–water partition coefficient (Wildman–Crippen LogP) is 1.91. The molecule has 0 radical (unpaired) electrons. The third kappa shape index (κ3) is 5.48. The number of amides is 2. The molecule has 5 heteroatoms. The van der Waals surface area contributed by atoms with Gasteiger partial charge in [-0.25, -0.2) is 0 Å². The standard InChI is InChI=1S/C19H31N3O2/c1-3-5-6-7-18(23)21-10-8-17(9-11-21)16-19(24)22-14-12-20(4-2)13-15-22/h3,5-7,17H,4,8-16H2,1-2H3/b5-3+,7-6+. The van der Waals surface area contributed by atoms with E-state index in [1.54, 1.807) is 12.2 Å². The van der Waals surface area contributed by atoms with Gasteiger partial charge in [0.15, 0.2) is 0 Å². The highest BCUT2D eigenvalue weighted by atomic mass is 16.2. The van der Waals surface area contributed by atoms with Crippen molar-refractivity contribution >= 4 is 11.8 Å². The van der Waals surface area contributed by atoms with Gasteiger partial charge in [0.2, 0.25) is 11.8 Å². The minimum Gasteiger partial charge on any atom is -0.340 e. The second-order valence-corrected chi connectivity index (χ2v) is 6.67. The van der Waals surface area contributed by atoms with Gasteiger partial charge in [-0.1, -0.05) is 25.2 Å². The highest BCUT2D eigenvalue weighted by Crippen LogP contribution is 2.22. The van der Waals surface area contributed by atoms with Gasteiger partial charge >= 0.3 is 0 Å². The first-order valence-corrected chi connectivity index (χ1v) is 9.22. The van der Waals surface area contributed by atoms with Crippen LogP contribution in [0.15, 0.2) is 24.3 Å². The van der Waals surface area contributed by atoms with Gasteiger partial charge in [-0.05, 0) is 32.2 Å². The third-order valence-corrected chi connectivity index (χ3v) is 5.10. The molecule has 2 saturated heterocycles. The summed E-state index contributed by atoms with van der Waals surface area (Å²) in [6, 6.07) is 0. The molecule has 2 aliphatic rings.